The summed E-state index contributed by atoms with van der Waals surface area (Å²) in [6.07, 6.45) is -34.9. The molecule has 20 nitrogen and oxygen atoms in total. The van der Waals surface area contributed by atoms with Crippen molar-refractivity contribution in [3.63, 3.8) is 0 Å². The van der Waals surface area contributed by atoms with Gasteiger partial charge in [0.05, 0.1) is 26.8 Å². The number of nitrogens with zero attached hydrogens (tertiary/aromatic N) is 4. The van der Waals surface area contributed by atoms with Crippen LogP contribution < -0.4 is 42.1 Å². The quantitative estimate of drug-likeness (QED) is 0.0358. The van der Waals surface area contributed by atoms with Crippen molar-refractivity contribution in [2.45, 2.75) is 118 Å². The van der Waals surface area contributed by atoms with Gasteiger partial charge in [0.15, 0.2) is 0 Å². The van der Waals surface area contributed by atoms with Crippen LogP contribution in [0.1, 0.15) is 64.2 Å². The fourth-order valence-corrected chi connectivity index (χ4v) is 9.01. The third-order valence-corrected chi connectivity index (χ3v) is 13.8. The van der Waals surface area contributed by atoms with E-state index in [1.807, 2.05) is 5.32 Å². The number of Topliss-reactive ketones (excluding diaryl/α,β-unsaturated/α-hetero) is 2. The molecule has 0 aromatic heterocycles. The Morgan fingerprint density at radius 1 is 0.478 bits per heavy atom. The molecule has 0 saturated carbocycles. The third kappa shape index (κ3) is 24.1. The normalized spacial score (nSPS) is 16.4. The van der Waals surface area contributed by atoms with Crippen molar-refractivity contribution in [1.29, 1.82) is 0 Å². The summed E-state index contributed by atoms with van der Waals surface area (Å²) >= 11 is 0. The Hall–Kier alpha value is -8.00. The van der Waals surface area contributed by atoms with Gasteiger partial charge in [-0.2, -0.15) is 83.4 Å². The van der Waals surface area contributed by atoms with E-state index in [9.17, 15) is 132 Å². The molecule has 6 rings (SSSR count). The number of amides is 4. The molecule has 0 radical (unpaired) electrons. The number of alkyl halides is 18. The van der Waals surface area contributed by atoms with Gasteiger partial charge >= 0.3 is 66.4 Å². The number of carbonyl (C=O) groups excluding carboxylic acids is 6. The van der Waals surface area contributed by atoms with Crippen molar-refractivity contribution in [3.05, 3.63) is 98.8 Å². The number of hydrogen-bond donors (Lipinski definition) is 6. The summed E-state index contributed by atoms with van der Waals surface area (Å²) in [6.45, 7) is -0.125. The van der Waals surface area contributed by atoms with E-state index < -0.39 is 142 Å². The molecule has 3 aromatic rings. The van der Waals surface area contributed by atoms with Gasteiger partial charge in [0.25, 0.3) is 5.69 Å². The van der Waals surface area contributed by atoms with E-state index in [0.717, 1.165) is 12.1 Å². The van der Waals surface area contributed by atoms with Crippen molar-refractivity contribution in [2.75, 3.05) is 61.3 Å². The van der Waals surface area contributed by atoms with Crippen LogP contribution in [-0.4, -0.2) is 145 Å². The Kier molecular flexibility index (Phi) is 27.5. The van der Waals surface area contributed by atoms with Gasteiger partial charge in [-0.1, -0.05) is 36.4 Å². The van der Waals surface area contributed by atoms with Gasteiger partial charge in [0, 0.05) is 68.8 Å². The molecule has 90 heavy (non-hydrogen) atoms. The van der Waals surface area contributed by atoms with E-state index in [4.69, 9.17) is 5.73 Å². The van der Waals surface area contributed by atoms with Crippen LogP contribution in [0.2, 0.25) is 0 Å². The number of nitro groups is 2. The van der Waals surface area contributed by atoms with E-state index in [-0.39, 0.29) is 102 Å². The van der Waals surface area contributed by atoms with Crippen LogP contribution in [0.3, 0.4) is 0 Å². The maximum absolute atomic E-state index is 12.7. The standard InChI is InChI=1S/C17H17F6N3O4.C17H19F6N3O2.C10H13F6N3O2.C6H4FNO2.ClH/c18-16(19,20)13(27)5-6-15(24-14(28)17(21,22)23)7-9-25(10-8-15)11-3-1-2-4-12(11)26(29)30;18-16(19,20)13(27)5-6-15(25-14(28)17(21,22)23)7-9-26(10-8-15)12-4-2-1-3-11(12)24;11-9(12,13)6(20)18-5-8(1-3-17-4-2-8)19-7(21)10(14,15)16;7-5-3-1-2-4-6(5)8(9)10;/h1-4H,5-10H2,(H,24,28);1-4H,5-10,24H2,(H,25,28);17H,1-5H2,(H,18,20)(H,19,21);1-4H;1H. The molecule has 0 bridgehead atoms. The van der Waals surface area contributed by atoms with E-state index >= 15 is 0 Å². The van der Waals surface area contributed by atoms with Gasteiger partial charge in [0.1, 0.15) is 5.69 Å². The number of para-hydroxylation sites is 5. The molecule has 0 atom stereocenters. The maximum atomic E-state index is 12.7. The molecular formula is C50H54ClF19N10O10. The lowest BCUT2D eigenvalue weighted by Crippen LogP contribution is -2.62. The van der Waals surface area contributed by atoms with Crippen LogP contribution in [0.25, 0.3) is 0 Å². The average Bonchev–Trinajstić information content (AvgIpc) is 3.18. The number of nitrogen functional groups attached to an aromatic ring is 1. The Morgan fingerprint density at radius 2 is 0.811 bits per heavy atom. The predicted molar refractivity (Wildman–Crippen MR) is 280 cm³/mol. The second-order valence-electron chi connectivity index (χ2n) is 20.0. The van der Waals surface area contributed by atoms with E-state index in [2.05, 4.69) is 5.32 Å². The first-order chi connectivity index (χ1) is 40.8. The minimum Gasteiger partial charge on any atom is -0.397 e. The molecule has 3 aliphatic rings. The molecule has 3 aliphatic heterocycles. The second kappa shape index (κ2) is 31.6. The summed E-state index contributed by atoms with van der Waals surface area (Å²) in [6, 6.07) is 17.4. The van der Waals surface area contributed by atoms with Crippen molar-refractivity contribution < 1.29 is 122 Å². The number of piperidine rings is 3. The summed E-state index contributed by atoms with van der Waals surface area (Å²) in [5.74, 6) is -14.0. The lowest BCUT2D eigenvalue weighted by atomic mass is 9.82. The van der Waals surface area contributed by atoms with Crippen LogP contribution in [0.5, 0.6) is 0 Å². The Labute approximate surface area is 501 Å². The van der Waals surface area contributed by atoms with Gasteiger partial charge in [-0.05, 0) is 88.7 Å². The Balaban J connectivity index is 0.000000429. The molecule has 40 heteroatoms. The van der Waals surface area contributed by atoms with Crippen LogP contribution in [0.15, 0.2) is 72.8 Å². The predicted octanol–water partition coefficient (Wildman–Crippen LogP) is 9.34. The first-order valence-electron chi connectivity index (χ1n) is 25.7. The average molecular weight is 1350 g/mol. The molecule has 7 N–H and O–H groups in total. The van der Waals surface area contributed by atoms with E-state index in [1.54, 1.807) is 39.8 Å². The van der Waals surface area contributed by atoms with Crippen molar-refractivity contribution in [2.24, 2.45) is 0 Å². The van der Waals surface area contributed by atoms with Gasteiger partial charge in [0.2, 0.25) is 17.4 Å². The molecular weight excluding hydrogens is 1300 g/mol. The number of benzene rings is 3. The Morgan fingerprint density at radius 3 is 1.16 bits per heavy atom. The summed E-state index contributed by atoms with van der Waals surface area (Å²) in [4.78, 5) is 90.0. The number of carbonyl (C=O) groups is 6. The molecule has 3 aromatic carbocycles. The molecule has 0 aliphatic carbocycles. The second-order valence-corrected chi connectivity index (χ2v) is 20.0. The number of halogens is 20. The fourth-order valence-electron chi connectivity index (χ4n) is 9.01. The molecule has 0 unspecified atom stereocenters. The lowest BCUT2D eigenvalue weighted by Gasteiger charge is -2.43. The summed E-state index contributed by atoms with van der Waals surface area (Å²) in [5.41, 5.74) is 1.62. The minimum atomic E-state index is -5.25. The Bertz CT molecular complexity index is 2960. The molecule has 3 heterocycles. The van der Waals surface area contributed by atoms with Gasteiger partial charge in [-0.25, -0.2) is 0 Å². The minimum absolute atomic E-state index is 0. The number of nitrogens with one attached hydrogen (secondary N) is 5. The smallest absolute Gasteiger partial charge is 0.397 e. The van der Waals surface area contributed by atoms with Gasteiger partial charge in [-0.3, -0.25) is 49.0 Å². The zero-order valence-corrected chi connectivity index (χ0v) is 46.8. The third-order valence-electron chi connectivity index (χ3n) is 13.8. The van der Waals surface area contributed by atoms with Crippen LogP contribution >= 0.6 is 12.4 Å². The van der Waals surface area contributed by atoms with E-state index in [1.165, 1.54) is 46.6 Å². The largest absolute Gasteiger partial charge is 0.471 e. The molecule has 3 fully saturated rings. The van der Waals surface area contributed by atoms with Crippen LogP contribution in [0, 0.1) is 26.0 Å². The first-order valence-corrected chi connectivity index (χ1v) is 25.7. The number of ketones is 2. The van der Waals surface area contributed by atoms with Gasteiger partial charge < -0.3 is 42.1 Å². The maximum Gasteiger partial charge on any atom is 0.471 e. The van der Waals surface area contributed by atoms with Gasteiger partial charge in [-0.15, -0.1) is 12.4 Å². The highest BCUT2D eigenvalue weighted by molar-refractivity contribution is 5.86. The first kappa shape index (κ1) is 78.1. The number of anilines is 3. The molecule has 4 amide bonds. The highest BCUT2D eigenvalue weighted by atomic mass is 35.5. The summed E-state index contributed by atoms with van der Waals surface area (Å²) < 4.78 is 236. The van der Waals surface area contributed by atoms with Crippen molar-refractivity contribution in [3.8, 4) is 0 Å². The zero-order chi connectivity index (χ0) is 67.8. The highest BCUT2D eigenvalue weighted by Crippen LogP contribution is 2.38. The molecule has 0 spiro atoms. The lowest BCUT2D eigenvalue weighted by molar-refractivity contribution is -0.387. The fraction of sp³-hybridized carbons (Fsp3) is 0.520. The summed E-state index contributed by atoms with van der Waals surface area (Å²) in [5, 5.41) is 30.7. The topological polar surface area (TPSA) is 281 Å². The van der Waals surface area contributed by atoms with Crippen LogP contribution in [-0.2, 0) is 28.8 Å². The summed E-state index contributed by atoms with van der Waals surface area (Å²) in [7, 11) is 0. The highest BCUT2D eigenvalue weighted by Gasteiger charge is 2.50. The number of hydrogen-bond acceptors (Lipinski definition) is 14. The zero-order valence-electron chi connectivity index (χ0n) is 46.0. The van der Waals surface area contributed by atoms with Crippen LogP contribution in [0.4, 0.5) is 112 Å². The number of nitrogens with two attached hydrogens (primary N) is 1. The number of rotatable bonds is 15. The monoisotopic (exact) mass is 1350 g/mol. The van der Waals surface area contributed by atoms with Crippen molar-refractivity contribution in [1.82, 2.24) is 26.6 Å². The molecule has 504 valence electrons. The number of nitro benzene ring substituents is 2. The SMILES string of the molecule is Cl.Nc1ccccc1N1CCC(CCC(=O)C(F)(F)F)(NC(=O)C(F)(F)F)CC1.O=C(CCC1(NC(=O)C(F)(F)F)CCN(c2ccccc2[N+](=O)[O-])CC1)C(F)(F)F.O=C(NCC1(NC(=O)C(F)(F)F)CCNCC1)C(F)(F)F.O=[N+]([O-])c1ccccc1F. The van der Waals surface area contributed by atoms with Crippen molar-refractivity contribution >= 4 is 76.0 Å². The molecule has 3 saturated heterocycles. The van der Waals surface area contributed by atoms with E-state index in [0.29, 0.717) is 11.4 Å².